The van der Waals surface area contributed by atoms with Gasteiger partial charge in [-0.25, -0.2) is 4.98 Å². The Morgan fingerprint density at radius 2 is 2.12 bits per heavy atom. The van der Waals surface area contributed by atoms with E-state index in [2.05, 4.69) is 15.4 Å². The number of hydrogen-bond acceptors (Lipinski definition) is 5. The van der Waals surface area contributed by atoms with Crippen molar-refractivity contribution in [1.82, 2.24) is 20.1 Å². The number of amides is 1. The van der Waals surface area contributed by atoms with Crippen molar-refractivity contribution in [2.75, 3.05) is 7.11 Å². The van der Waals surface area contributed by atoms with Gasteiger partial charge in [-0.2, -0.15) is 5.10 Å². The summed E-state index contributed by atoms with van der Waals surface area (Å²) < 4.78 is 12.5. The van der Waals surface area contributed by atoms with E-state index in [1.54, 1.807) is 30.0 Å². The number of nitrogens with zero attached hydrogens (tertiary/aromatic N) is 3. The molecular formula is C18H16N4O3. The Morgan fingerprint density at radius 3 is 2.96 bits per heavy atom. The van der Waals surface area contributed by atoms with Crippen molar-refractivity contribution in [2.24, 2.45) is 7.05 Å². The highest BCUT2D eigenvalue weighted by molar-refractivity contribution is 6.04. The van der Waals surface area contributed by atoms with Crippen LogP contribution >= 0.6 is 0 Å². The second-order valence-electron chi connectivity index (χ2n) is 5.61. The number of methoxy groups -OCH3 is 1. The van der Waals surface area contributed by atoms with E-state index in [0.29, 0.717) is 28.4 Å². The number of fused-ring (bicyclic) bond motifs is 2. The smallest absolute Gasteiger partial charge is 0.272 e. The Bertz CT molecular complexity index is 1080. The van der Waals surface area contributed by atoms with E-state index < -0.39 is 0 Å². The number of carbonyl (C=O) groups excluding carboxylic acids is 1. The summed E-state index contributed by atoms with van der Waals surface area (Å²) in [5.41, 5.74) is 2.62. The third kappa shape index (κ3) is 2.69. The number of carbonyl (C=O) groups is 1. The Morgan fingerprint density at radius 1 is 1.28 bits per heavy atom. The highest BCUT2D eigenvalue weighted by atomic mass is 16.5. The van der Waals surface area contributed by atoms with E-state index >= 15 is 0 Å². The van der Waals surface area contributed by atoms with Crippen molar-refractivity contribution in [3.8, 4) is 5.75 Å². The quantitative estimate of drug-likeness (QED) is 0.619. The van der Waals surface area contributed by atoms with E-state index in [4.69, 9.17) is 9.15 Å². The minimum absolute atomic E-state index is 0.181. The number of para-hydroxylation sites is 1. The number of benzene rings is 2. The van der Waals surface area contributed by atoms with Crippen molar-refractivity contribution in [3.05, 3.63) is 54.0 Å². The van der Waals surface area contributed by atoms with Gasteiger partial charge in [0.2, 0.25) is 5.89 Å². The van der Waals surface area contributed by atoms with Gasteiger partial charge in [-0.05, 0) is 18.2 Å². The lowest BCUT2D eigenvalue weighted by Gasteiger charge is -1.99. The average molecular weight is 336 g/mol. The van der Waals surface area contributed by atoms with E-state index in [0.717, 1.165) is 10.9 Å². The number of aryl methyl sites for hydroxylation is 1. The molecule has 0 fully saturated rings. The largest absolute Gasteiger partial charge is 0.497 e. The Hall–Kier alpha value is -3.35. The van der Waals surface area contributed by atoms with Crippen LogP contribution in [0.5, 0.6) is 5.75 Å². The molecule has 0 aliphatic heterocycles. The van der Waals surface area contributed by atoms with Gasteiger partial charge in [-0.15, -0.1) is 0 Å². The highest BCUT2D eigenvalue weighted by Crippen LogP contribution is 2.21. The molecular weight excluding hydrogens is 320 g/mol. The SMILES string of the molecule is COc1ccc2oc(CNC(=O)c3nn(C)c4ccccc34)nc2c1. The summed E-state index contributed by atoms with van der Waals surface area (Å²) >= 11 is 0. The molecule has 0 saturated heterocycles. The van der Waals surface area contributed by atoms with Crippen LogP contribution in [0.25, 0.3) is 22.0 Å². The molecule has 0 saturated carbocycles. The van der Waals surface area contributed by atoms with Crippen molar-refractivity contribution >= 4 is 27.9 Å². The molecule has 0 atom stereocenters. The van der Waals surface area contributed by atoms with Crippen molar-refractivity contribution in [1.29, 1.82) is 0 Å². The maximum Gasteiger partial charge on any atom is 0.272 e. The van der Waals surface area contributed by atoms with Crippen LogP contribution in [0.4, 0.5) is 0 Å². The Kier molecular flexibility index (Phi) is 3.61. The Labute approximate surface area is 143 Å². The fourth-order valence-corrected chi connectivity index (χ4v) is 2.78. The molecule has 0 aliphatic rings. The van der Waals surface area contributed by atoms with Gasteiger partial charge in [0.1, 0.15) is 11.3 Å². The first-order chi connectivity index (χ1) is 12.2. The minimum Gasteiger partial charge on any atom is -0.497 e. The maximum atomic E-state index is 12.5. The lowest BCUT2D eigenvalue weighted by molar-refractivity contribution is 0.0943. The van der Waals surface area contributed by atoms with E-state index in [-0.39, 0.29) is 12.5 Å². The first-order valence-electron chi connectivity index (χ1n) is 7.79. The molecule has 7 nitrogen and oxygen atoms in total. The monoisotopic (exact) mass is 336 g/mol. The third-order valence-electron chi connectivity index (χ3n) is 4.01. The summed E-state index contributed by atoms with van der Waals surface area (Å²) in [5.74, 6) is 0.866. The highest BCUT2D eigenvalue weighted by Gasteiger charge is 2.16. The van der Waals surface area contributed by atoms with Crippen LogP contribution in [0.3, 0.4) is 0 Å². The van der Waals surface area contributed by atoms with Gasteiger partial charge in [-0.3, -0.25) is 9.48 Å². The predicted octanol–water partition coefficient (Wildman–Crippen LogP) is 2.65. The van der Waals surface area contributed by atoms with Gasteiger partial charge in [0.25, 0.3) is 5.91 Å². The van der Waals surface area contributed by atoms with Gasteiger partial charge in [0, 0.05) is 18.5 Å². The van der Waals surface area contributed by atoms with Gasteiger partial charge < -0.3 is 14.5 Å². The molecule has 0 spiro atoms. The van der Waals surface area contributed by atoms with Crippen molar-refractivity contribution in [3.63, 3.8) is 0 Å². The van der Waals surface area contributed by atoms with Crippen LogP contribution in [0, 0.1) is 0 Å². The molecule has 7 heteroatoms. The molecule has 1 N–H and O–H groups in total. The normalized spacial score (nSPS) is 11.1. The van der Waals surface area contributed by atoms with Gasteiger partial charge >= 0.3 is 0 Å². The molecule has 2 aromatic heterocycles. The maximum absolute atomic E-state index is 12.5. The summed E-state index contributed by atoms with van der Waals surface area (Å²) in [7, 11) is 3.41. The van der Waals surface area contributed by atoms with Crippen LogP contribution < -0.4 is 10.1 Å². The fourth-order valence-electron chi connectivity index (χ4n) is 2.78. The van der Waals surface area contributed by atoms with Crippen LogP contribution in [-0.4, -0.2) is 27.8 Å². The van der Waals surface area contributed by atoms with Gasteiger partial charge in [0.15, 0.2) is 11.3 Å². The van der Waals surface area contributed by atoms with E-state index in [1.807, 2.05) is 31.3 Å². The standard InChI is InChI=1S/C18H16N4O3/c1-22-14-6-4-3-5-12(14)17(21-22)18(23)19-10-16-20-13-9-11(24-2)7-8-15(13)25-16/h3-9H,10H2,1-2H3,(H,19,23). The Balaban J connectivity index is 1.55. The number of rotatable bonds is 4. The summed E-state index contributed by atoms with van der Waals surface area (Å²) in [5, 5.41) is 7.92. The summed E-state index contributed by atoms with van der Waals surface area (Å²) in [6, 6.07) is 13.0. The van der Waals surface area contributed by atoms with Crippen LogP contribution in [0.15, 0.2) is 46.9 Å². The minimum atomic E-state index is -0.267. The summed E-state index contributed by atoms with van der Waals surface area (Å²) in [6.07, 6.45) is 0. The van der Waals surface area contributed by atoms with Crippen LogP contribution in [0.1, 0.15) is 16.4 Å². The second kappa shape index (κ2) is 5.94. The molecule has 0 bridgehead atoms. The van der Waals surface area contributed by atoms with E-state index in [9.17, 15) is 4.79 Å². The number of nitrogens with one attached hydrogen (secondary N) is 1. The molecule has 2 aromatic carbocycles. The molecule has 4 aromatic rings. The van der Waals surface area contributed by atoms with Crippen LogP contribution in [-0.2, 0) is 13.6 Å². The summed E-state index contributed by atoms with van der Waals surface area (Å²) in [4.78, 5) is 16.9. The summed E-state index contributed by atoms with van der Waals surface area (Å²) in [6.45, 7) is 0.181. The first-order valence-corrected chi connectivity index (χ1v) is 7.79. The topological polar surface area (TPSA) is 82.2 Å². The number of ether oxygens (including phenoxy) is 1. The van der Waals surface area contributed by atoms with Crippen molar-refractivity contribution in [2.45, 2.75) is 6.54 Å². The molecule has 25 heavy (non-hydrogen) atoms. The first kappa shape index (κ1) is 15.2. The zero-order valence-corrected chi connectivity index (χ0v) is 13.8. The molecule has 0 radical (unpaired) electrons. The zero-order valence-electron chi connectivity index (χ0n) is 13.8. The van der Waals surface area contributed by atoms with Crippen LogP contribution in [0.2, 0.25) is 0 Å². The fraction of sp³-hybridized carbons (Fsp3) is 0.167. The molecule has 0 aliphatic carbocycles. The predicted molar refractivity (Wildman–Crippen MR) is 92.4 cm³/mol. The molecule has 1 amide bonds. The third-order valence-corrected chi connectivity index (χ3v) is 4.01. The van der Waals surface area contributed by atoms with E-state index in [1.165, 1.54) is 0 Å². The molecule has 126 valence electrons. The number of aromatic nitrogens is 3. The average Bonchev–Trinajstić information content (AvgIpc) is 3.20. The second-order valence-corrected chi connectivity index (χ2v) is 5.61. The van der Waals surface area contributed by atoms with Gasteiger partial charge in [0.05, 0.1) is 19.2 Å². The molecule has 4 rings (SSSR count). The molecule has 0 unspecified atom stereocenters. The lowest BCUT2D eigenvalue weighted by Crippen LogP contribution is -2.23. The number of hydrogen-bond donors (Lipinski definition) is 1. The number of oxazole rings is 1. The molecule has 2 heterocycles. The van der Waals surface area contributed by atoms with Gasteiger partial charge in [-0.1, -0.05) is 18.2 Å². The zero-order chi connectivity index (χ0) is 17.4. The van der Waals surface area contributed by atoms with Crippen molar-refractivity contribution < 1.29 is 13.9 Å². The lowest BCUT2D eigenvalue weighted by atomic mass is 10.2.